The van der Waals surface area contributed by atoms with E-state index >= 15 is 0 Å². The van der Waals surface area contributed by atoms with E-state index in [1.807, 2.05) is 19.1 Å². The molecule has 0 spiro atoms. The number of hydrogen-bond acceptors (Lipinski definition) is 3. The summed E-state index contributed by atoms with van der Waals surface area (Å²) in [6.07, 6.45) is 2.38. The summed E-state index contributed by atoms with van der Waals surface area (Å²) in [5.74, 6) is 0. The summed E-state index contributed by atoms with van der Waals surface area (Å²) in [5, 5.41) is 0. The van der Waals surface area contributed by atoms with Gasteiger partial charge in [-0.1, -0.05) is 6.07 Å². The molecule has 88 valence electrons. The Morgan fingerprint density at radius 3 is 3.19 bits per heavy atom. The highest BCUT2D eigenvalue weighted by molar-refractivity contribution is 5.68. The van der Waals surface area contributed by atoms with Crippen molar-refractivity contribution in [2.45, 2.75) is 19.9 Å². The van der Waals surface area contributed by atoms with E-state index in [1.54, 1.807) is 11.1 Å². The van der Waals surface area contributed by atoms with Crippen LogP contribution in [0, 0.1) is 0 Å². The number of hydrogen-bond donors (Lipinski definition) is 0. The van der Waals surface area contributed by atoms with Gasteiger partial charge in [0, 0.05) is 24.9 Å². The maximum Gasteiger partial charge on any atom is 0.410 e. The highest BCUT2D eigenvalue weighted by Crippen LogP contribution is 2.16. The van der Waals surface area contributed by atoms with Crippen molar-refractivity contribution in [2.75, 3.05) is 13.2 Å². The second kappa shape index (κ2) is 5.46. The van der Waals surface area contributed by atoms with Gasteiger partial charge in [-0.25, -0.2) is 4.79 Å². The number of fused-ring (bicyclic) bond motifs is 1. The molecule has 1 aromatic heterocycles. The van der Waals surface area contributed by atoms with Gasteiger partial charge in [-0.3, -0.25) is 4.98 Å². The average Bonchev–Trinajstić information content (AvgIpc) is 2.29. The van der Waals surface area contributed by atoms with Crippen molar-refractivity contribution in [3.8, 4) is 0 Å². The Balaban J connectivity index is 0.00000128. The second-order valence-corrected chi connectivity index (χ2v) is 3.48. The first kappa shape index (κ1) is 12.4. The number of pyridine rings is 1. The lowest BCUT2D eigenvalue weighted by Crippen LogP contribution is -2.36. The summed E-state index contributed by atoms with van der Waals surface area (Å²) in [7, 11) is 0. The van der Waals surface area contributed by atoms with Crippen LogP contribution in [0.25, 0.3) is 0 Å². The Hall–Kier alpha value is -1.62. The van der Waals surface area contributed by atoms with Gasteiger partial charge >= 0.3 is 6.09 Å². The van der Waals surface area contributed by atoms with E-state index in [9.17, 15) is 4.79 Å². The third-order valence-corrected chi connectivity index (χ3v) is 2.49. The largest absolute Gasteiger partial charge is 0.450 e. The molecule has 0 atom stereocenters. The Kier molecular flexibility index (Phi) is 4.25. The molecule has 1 aliphatic rings. The standard InChI is InChI=1S/C11H14N2O2.H2O/c1-2-15-11(14)13-7-5-10-9(8-13)4-3-6-12-10;/h3-4,6H,2,5,7-8H2,1H3;1H2. The second-order valence-electron chi connectivity index (χ2n) is 3.48. The number of ether oxygens (including phenoxy) is 1. The number of aromatic nitrogens is 1. The molecule has 0 saturated heterocycles. The molecule has 5 heteroatoms. The summed E-state index contributed by atoms with van der Waals surface area (Å²) in [5.41, 5.74) is 2.22. The summed E-state index contributed by atoms with van der Waals surface area (Å²) >= 11 is 0. The lowest BCUT2D eigenvalue weighted by molar-refractivity contribution is 0.102. The van der Waals surface area contributed by atoms with Gasteiger partial charge in [0.1, 0.15) is 0 Å². The molecule has 5 nitrogen and oxygen atoms in total. The van der Waals surface area contributed by atoms with E-state index in [4.69, 9.17) is 4.74 Å². The van der Waals surface area contributed by atoms with E-state index in [1.165, 1.54) is 0 Å². The summed E-state index contributed by atoms with van der Waals surface area (Å²) in [6.45, 7) is 3.55. The van der Waals surface area contributed by atoms with Crippen LogP contribution in [0.3, 0.4) is 0 Å². The fourth-order valence-corrected chi connectivity index (χ4v) is 1.74. The topological polar surface area (TPSA) is 73.9 Å². The zero-order valence-electron chi connectivity index (χ0n) is 9.27. The van der Waals surface area contributed by atoms with Crippen LogP contribution in [0.1, 0.15) is 18.2 Å². The highest BCUT2D eigenvalue weighted by Gasteiger charge is 2.21. The normalized spacial score (nSPS) is 13.7. The van der Waals surface area contributed by atoms with E-state index < -0.39 is 0 Å². The van der Waals surface area contributed by atoms with Crippen molar-refractivity contribution in [2.24, 2.45) is 0 Å². The Labute approximate surface area is 94.4 Å². The molecule has 0 aliphatic carbocycles. The molecule has 0 bridgehead atoms. The van der Waals surface area contributed by atoms with Gasteiger partial charge in [0.25, 0.3) is 0 Å². The van der Waals surface area contributed by atoms with Crippen molar-refractivity contribution in [3.63, 3.8) is 0 Å². The molecule has 0 aromatic carbocycles. The molecule has 1 aliphatic heterocycles. The van der Waals surface area contributed by atoms with Crippen LogP contribution in [0.4, 0.5) is 4.79 Å². The van der Waals surface area contributed by atoms with Gasteiger partial charge < -0.3 is 15.1 Å². The number of nitrogens with zero attached hydrogens (tertiary/aromatic N) is 2. The van der Waals surface area contributed by atoms with Gasteiger partial charge in [0.05, 0.1) is 13.2 Å². The molecule has 0 fully saturated rings. The molecule has 1 amide bonds. The van der Waals surface area contributed by atoms with E-state index in [2.05, 4.69) is 4.98 Å². The van der Waals surface area contributed by atoms with Crippen LogP contribution in [0.2, 0.25) is 0 Å². The molecule has 2 heterocycles. The maximum atomic E-state index is 11.5. The third-order valence-electron chi connectivity index (χ3n) is 2.49. The Bertz CT molecular complexity index is 368. The van der Waals surface area contributed by atoms with E-state index in [-0.39, 0.29) is 11.6 Å². The smallest absolute Gasteiger partial charge is 0.410 e. The third kappa shape index (κ3) is 2.49. The molecule has 1 aromatic rings. The van der Waals surface area contributed by atoms with Crippen LogP contribution >= 0.6 is 0 Å². The number of carbonyl (C=O) groups excluding carboxylic acids is 1. The van der Waals surface area contributed by atoms with Crippen molar-refractivity contribution < 1.29 is 15.0 Å². The van der Waals surface area contributed by atoms with Crippen LogP contribution in [-0.2, 0) is 17.7 Å². The minimum absolute atomic E-state index is 0. The first-order valence-corrected chi connectivity index (χ1v) is 5.15. The SMILES string of the molecule is CCOC(=O)N1CCc2ncccc2C1.O. The molecular weight excluding hydrogens is 208 g/mol. The minimum Gasteiger partial charge on any atom is -0.450 e. The summed E-state index contributed by atoms with van der Waals surface area (Å²) in [6, 6.07) is 3.90. The predicted molar refractivity (Wildman–Crippen MR) is 59.0 cm³/mol. The first-order chi connectivity index (χ1) is 7.31. The lowest BCUT2D eigenvalue weighted by Gasteiger charge is -2.27. The van der Waals surface area contributed by atoms with Crippen molar-refractivity contribution in [3.05, 3.63) is 29.6 Å². The highest BCUT2D eigenvalue weighted by atomic mass is 16.6. The Morgan fingerprint density at radius 1 is 1.62 bits per heavy atom. The van der Waals surface area contributed by atoms with E-state index in [0.29, 0.717) is 19.7 Å². The van der Waals surface area contributed by atoms with Crippen LogP contribution in [0.15, 0.2) is 18.3 Å². The van der Waals surface area contributed by atoms with E-state index in [0.717, 1.165) is 17.7 Å². The van der Waals surface area contributed by atoms with Crippen LogP contribution < -0.4 is 0 Å². The zero-order valence-corrected chi connectivity index (χ0v) is 9.27. The molecular formula is C11H16N2O3. The van der Waals surface area contributed by atoms with Crippen molar-refractivity contribution in [1.82, 2.24) is 9.88 Å². The molecule has 0 radical (unpaired) electrons. The van der Waals surface area contributed by atoms with Gasteiger partial charge in [-0.05, 0) is 18.6 Å². The van der Waals surface area contributed by atoms with Gasteiger partial charge in [0.2, 0.25) is 0 Å². The number of carbonyl (C=O) groups is 1. The van der Waals surface area contributed by atoms with Gasteiger partial charge in [-0.2, -0.15) is 0 Å². The fourth-order valence-electron chi connectivity index (χ4n) is 1.74. The van der Waals surface area contributed by atoms with Crippen molar-refractivity contribution in [1.29, 1.82) is 0 Å². The molecule has 0 saturated carbocycles. The zero-order chi connectivity index (χ0) is 10.7. The molecule has 0 unspecified atom stereocenters. The maximum absolute atomic E-state index is 11.5. The van der Waals surface area contributed by atoms with Crippen LogP contribution in [0.5, 0.6) is 0 Å². The molecule has 16 heavy (non-hydrogen) atoms. The van der Waals surface area contributed by atoms with Crippen LogP contribution in [-0.4, -0.2) is 34.6 Å². The minimum atomic E-state index is -0.230. The van der Waals surface area contributed by atoms with Crippen molar-refractivity contribution >= 4 is 6.09 Å². The van der Waals surface area contributed by atoms with Gasteiger partial charge in [-0.15, -0.1) is 0 Å². The first-order valence-electron chi connectivity index (χ1n) is 5.15. The summed E-state index contributed by atoms with van der Waals surface area (Å²) < 4.78 is 4.96. The lowest BCUT2D eigenvalue weighted by atomic mass is 10.1. The number of amides is 1. The quantitative estimate of drug-likeness (QED) is 0.707. The fraction of sp³-hybridized carbons (Fsp3) is 0.455. The molecule has 2 N–H and O–H groups in total. The predicted octanol–water partition coefficient (Wildman–Crippen LogP) is 0.772. The monoisotopic (exact) mass is 224 g/mol. The summed E-state index contributed by atoms with van der Waals surface area (Å²) in [4.78, 5) is 17.5. The average molecular weight is 224 g/mol. The molecule has 2 rings (SSSR count). The van der Waals surface area contributed by atoms with Gasteiger partial charge in [0.15, 0.2) is 0 Å². The number of rotatable bonds is 1. The Morgan fingerprint density at radius 2 is 2.44 bits per heavy atom.